The van der Waals surface area contributed by atoms with E-state index in [0.717, 1.165) is 6.04 Å². The third-order valence-corrected chi connectivity index (χ3v) is 2.02. The molecule has 0 radical (unpaired) electrons. The van der Waals surface area contributed by atoms with Crippen molar-refractivity contribution in [2.75, 3.05) is 11.1 Å². The Morgan fingerprint density at radius 3 is 2.50 bits per heavy atom. The second-order valence-corrected chi connectivity index (χ2v) is 2.42. The van der Waals surface area contributed by atoms with Gasteiger partial charge in [0.2, 0.25) is 0 Å². The zero-order valence-electron chi connectivity index (χ0n) is 3.82. The maximum atomic E-state index is 2.40. The number of hydrogen-bond donors (Lipinski definition) is 0. The van der Waals surface area contributed by atoms with Crippen molar-refractivity contribution in [3.05, 3.63) is 0 Å². The minimum absolute atomic E-state index is 0.891. The standard InChI is InChI=1S/C4H8IN/c1-4-2-6(4)3-5/h4H,2-3H2,1H3/t4-,6?/m0/s1. The van der Waals surface area contributed by atoms with Gasteiger partial charge in [-0.3, -0.25) is 4.90 Å². The maximum absolute atomic E-state index is 2.40. The van der Waals surface area contributed by atoms with Crippen LogP contribution in [0.5, 0.6) is 0 Å². The van der Waals surface area contributed by atoms with Crippen LogP contribution < -0.4 is 0 Å². The van der Waals surface area contributed by atoms with Gasteiger partial charge < -0.3 is 0 Å². The van der Waals surface area contributed by atoms with E-state index in [1.807, 2.05) is 0 Å². The summed E-state index contributed by atoms with van der Waals surface area (Å²) < 4.78 is 1.21. The number of hydrogen-bond acceptors (Lipinski definition) is 1. The summed E-state index contributed by atoms with van der Waals surface area (Å²) in [7, 11) is 0. The van der Waals surface area contributed by atoms with Gasteiger partial charge in [-0.25, -0.2) is 0 Å². The molecule has 1 unspecified atom stereocenters. The predicted molar refractivity (Wildman–Crippen MR) is 35.1 cm³/mol. The molecule has 0 aromatic heterocycles. The summed E-state index contributed by atoms with van der Waals surface area (Å²) in [5.41, 5.74) is 0. The molecule has 1 nitrogen and oxygen atoms in total. The van der Waals surface area contributed by atoms with Crippen molar-refractivity contribution >= 4 is 22.6 Å². The van der Waals surface area contributed by atoms with Gasteiger partial charge in [0, 0.05) is 12.6 Å². The minimum Gasteiger partial charge on any atom is -0.289 e. The molecule has 1 rings (SSSR count). The largest absolute Gasteiger partial charge is 0.289 e. The van der Waals surface area contributed by atoms with Gasteiger partial charge in [-0.2, -0.15) is 0 Å². The maximum Gasteiger partial charge on any atom is 0.0509 e. The van der Waals surface area contributed by atoms with Gasteiger partial charge in [0.15, 0.2) is 0 Å². The first-order chi connectivity index (χ1) is 2.84. The molecule has 0 saturated carbocycles. The van der Waals surface area contributed by atoms with Gasteiger partial charge in [-0.05, 0) is 6.92 Å². The Kier molecular flexibility index (Phi) is 1.34. The summed E-state index contributed by atoms with van der Waals surface area (Å²) in [6, 6.07) is 0.891. The van der Waals surface area contributed by atoms with E-state index >= 15 is 0 Å². The lowest BCUT2D eigenvalue weighted by atomic mass is 10.6. The molecule has 1 heterocycles. The van der Waals surface area contributed by atoms with Crippen molar-refractivity contribution in [3.8, 4) is 0 Å². The Bertz CT molecular complexity index is 53.5. The number of halogens is 1. The molecule has 2 atom stereocenters. The normalized spacial score (nSPS) is 43.0. The third kappa shape index (κ3) is 0.846. The van der Waals surface area contributed by atoms with Crippen LogP contribution in [0.1, 0.15) is 6.92 Å². The van der Waals surface area contributed by atoms with Crippen molar-refractivity contribution in [1.29, 1.82) is 0 Å². The summed E-state index contributed by atoms with van der Waals surface area (Å²) in [6.07, 6.45) is 0. The van der Waals surface area contributed by atoms with Crippen LogP contribution in [0.15, 0.2) is 0 Å². The summed E-state index contributed by atoms with van der Waals surface area (Å²) in [5, 5.41) is 0. The van der Waals surface area contributed by atoms with Crippen LogP contribution in [-0.4, -0.2) is 22.0 Å². The molecule has 36 valence electrons. The highest BCUT2D eigenvalue weighted by Crippen LogP contribution is 2.16. The number of alkyl halides is 1. The van der Waals surface area contributed by atoms with E-state index in [9.17, 15) is 0 Å². The van der Waals surface area contributed by atoms with E-state index in [1.165, 1.54) is 11.1 Å². The zero-order chi connectivity index (χ0) is 4.57. The molecule has 0 aromatic rings. The van der Waals surface area contributed by atoms with E-state index in [-0.39, 0.29) is 0 Å². The Morgan fingerprint density at radius 2 is 2.50 bits per heavy atom. The van der Waals surface area contributed by atoms with Crippen molar-refractivity contribution in [2.45, 2.75) is 13.0 Å². The first kappa shape index (κ1) is 4.84. The third-order valence-electron chi connectivity index (χ3n) is 1.14. The first-order valence-corrected chi connectivity index (χ1v) is 3.67. The first-order valence-electron chi connectivity index (χ1n) is 2.14. The van der Waals surface area contributed by atoms with Gasteiger partial charge in [0.1, 0.15) is 0 Å². The Morgan fingerprint density at radius 1 is 2.00 bits per heavy atom. The van der Waals surface area contributed by atoms with Crippen molar-refractivity contribution in [2.24, 2.45) is 0 Å². The van der Waals surface area contributed by atoms with Crippen LogP contribution in [0.4, 0.5) is 0 Å². The molecule has 2 heteroatoms. The fraction of sp³-hybridized carbons (Fsp3) is 1.00. The molecule has 0 aliphatic carbocycles. The monoisotopic (exact) mass is 197 g/mol. The molecule has 0 bridgehead atoms. The van der Waals surface area contributed by atoms with Crippen molar-refractivity contribution < 1.29 is 0 Å². The highest BCUT2D eigenvalue weighted by Gasteiger charge is 2.26. The molecule has 0 N–H and O–H groups in total. The minimum atomic E-state index is 0.891. The SMILES string of the molecule is C[C@H]1CN1CI. The summed E-state index contributed by atoms with van der Waals surface area (Å²) >= 11 is 2.38. The van der Waals surface area contributed by atoms with Crippen LogP contribution in [0.3, 0.4) is 0 Å². The molecule has 1 fully saturated rings. The second kappa shape index (κ2) is 1.66. The molecule has 1 aliphatic heterocycles. The van der Waals surface area contributed by atoms with E-state index in [1.54, 1.807) is 0 Å². The molecular formula is C4H8IN. The summed E-state index contributed by atoms with van der Waals surface area (Å²) in [6.45, 7) is 3.57. The highest BCUT2D eigenvalue weighted by atomic mass is 127. The quantitative estimate of drug-likeness (QED) is 0.263. The average Bonchev–Trinajstić information content (AvgIpc) is 2.19. The van der Waals surface area contributed by atoms with Gasteiger partial charge in [0.05, 0.1) is 4.55 Å². The van der Waals surface area contributed by atoms with Gasteiger partial charge in [-0.1, -0.05) is 22.6 Å². The van der Waals surface area contributed by atoms with Gasteiger partial charge in [-0.15, -0.1) is 0 Å². The van der Waals surface area contributed by atoms with Crippen molar-refractivity contribution in [3.63, 3.8) is 0 Å². The molecule has 0 amide bonds. The highest BCUT2D eigenvalue weighted by molar-refractivity contribution is 14.1. The Labute approximate surface area is 51.8 Å². The molecular weight excluding hydrogens is 189 g/mol. The number of rotatable bonds is 1. The number of nitrogens with zero attached hydrogens (tertiary/aromatic N) is 1. The zero-order valence-corrected chi connectivity index (χ0v) is 5.97. The lowest BCUT2D eigenvalue weighted by Gasteiger charge is -1.85. The topological polar surface area (TPSA) is 3.01 Å². The van der Waals surface area contributed by atoms with Crippen LogP contribution >= 0.6 is 22.6 Å². The smallest absolute Gasteiger partial charge is 0.0509 e. The van der Waals surface area contributed by atoms with E-state index < -0.39 is 0 Å². The molecule has 6 heavy (non-hydrogen) atoms. The molecule has 0 aromatic carbocycles. The Hall–Kier alpha value is 0.690. The van der Waals surface area contributed by atoms with E-state index in [0.29, 0.717) is 0 Å². The van der Waals surface area contributed by atoms with Gasteiger partial charge in [0.25, 0.3) is 0 Å². The van der Waals surface area contributed by atoms with E-state index in [2.05, 4.69) is 34.4 Å². The van der Waals surface area contributed by atoms with E-state index in [4.69, 9.17) is 0 Å². The van der Waals surface area contributed by atoms with Gasteiger partial charge >= 0.3 is 0 Å². The lowest BCUT2D eigenvalue weighted by molar-refractivity contribution is 0.627. The average molecular weight is 197 g/mol. The van der Waals surface area contributed by atoms with Crippen LogP contribution in [0, 0.1) is 0 Å². The molecule has 1 aliphatic rings. The Balaban J connectivity index is 2.09. The van der Waals surface area contributed by atoms with Crippen molar-refractivity contribution in [1.82, 2.24) is 4.90 Å². The summed E-state index contributed by atoms with van der Waals surface area (Å²) in [5.74, 6) is 0. The molecule has 0 spiro atoms. The fourth-order valence-electron chi connectivity index (χ4n) is 0.459. The van der Waals surface area contributed by atoms with Crippen LogP contribution in [0.25, 0.3) is 0 Å². The second-order valence-electron chi connectivity index (χ2n) is 1.74. The van der Waals surface area contributed by atoms with Crippen LogP contribution in [-0.2, 0) is 0 Å². The fourth-order valence-corrected chi connectivity index (χ4v) is 1.41. The predicted octanol–water partition coefficient (Wildman–Crippen LogP) is 1.08. The van der Waals surface area contributed by atoms with Crippen LogP contribution in [0.2, 0.25) is 0 Å². The molecule has 1 saturated heterocycles. The lowest BCUT2D eigenvalue weighted by Crippen LogP contribution is -1.91. The summed E-state index contributed by atoms with van der Waals surface area (Å²) in [4.78, 5) is 2.40.